The summed E-state index contributed by atoms with van der Waals surface area (Å²) in [6.45, 7) is 8.44. The maximum atomic E-state index is 13.3. The van der Waals surface area contributed by atoms with Crippen molar-refractivity contribution in [1.29, 1.82) is 0 Å². The molecule has 0 unspecified atom stereocenters. The average Bonchev–Trinajstić information content (AvgIpc) is 3.87. The zero-order valence-electron chi connectivity index (χ0n) is 32.1. The number of urea groups is 1. The Morgan fingerprint density at radius 3 is 2.20 bits per heavy atom. The summed E-state index contributed by atoms with van der Waals surface area (Å²) in [6.07, 6.45) is 12.1. The first kappa shape index (κ1) is 36.4. The molecule has 54 heavy (non-hydrogen) atoms. The van der Waals surface area contributed by atoms with Crippen molar-refractivity contribution in [3.05, 3.63) is 95.1 Å². The van der Waals surface area contributed by atoms with E-state index in [9.17, 15) is 9.90 Å². The second-order valence-corrected chi connectivity index (χ2v) is 17.9. The number of likely N-dealkylation sites (tertiary alicyclic amines) is 2. The topological polar surface area (TPSA) is 86.3 Å². The van der Waals surface area contributed by atoms with Crippen molar-refractivity contribution in [2.24, 2.45) is 23.7 Å². The van der Waals surface area contributed by atoms with Gasteiger partial charge in [0.25, 0.3) is 0 Å². The van der Waals surface area contributed by atoms with E-state index in [4.69, 9.17) is 9.47 Å². The third-order valence-corrected chi connectivity index (χ3v) is 14.1. The number of aliphatic hydroxyl groups is 1. The molecule has 8 nitrogen and oxygen atoms in total. The molecule has 0 spiro atoms. The number of carbonyl (C=O) groups excluding carboxylic acids is 1. The van der Waals surface area contributed by atoms with Crippen molar-refractivity contribution in [3.8, 4) is 11.1 Å². The fourth-order valence-electron chi connectivity index (χ4n) is 11.7. The molecular formula is C46H60N4O4. The van der Waals surface area contributed by atoms with Gasteiger partial charge in [-0.2, -0.15) is 0 Å². The first-order valence-electron chi connectivity index (χ1n) is 21.1. The Labute approximate surface area is 322 Å². The molecule has 3 aliphatic heterocycles. The lowest BCUT2D eigenvalue weighted by Crippen LogP contribution is -2.61. The van der Waals surface area contributed by atoms with Crippen LogP contribution < -0.4 is 10.6 Å². The van der Waals surface area contributed by atoms with Gasteiger partial charge >= 0.3 is 6.03 Å². The molecule has 4 saturated carbocycles. The quantitative estimate of drug-likeness (QED) is 0.186. The fraction of sp³-hybridized carbons (Fsp3) is 0.587. The van der Waals surface area contributed by atoms with Gasteiger partial charge in [0.2, 0.25) is 0 Å². The summed E-state index contributed by atoms with van der Waals surface area (Å²) in [7, 11) is 0. The Bertz CT molecular complexity index is 1700. The Morgan fingerprint density at radius 1 is 0.815 bits per heavy atom. The molecule has 7 fully saturated rings. The summed E-state index contributed by atoms with van der Waals surface area (Å²) in [5, 5.41) is 16.4. The lowest BCUT2D eigenvalue weighted by Gasteiger charge is -2.56. The summed E-state index contributed by atoms with van der Waals surface area (Å²) < 4.78 is 13.8. The maximum absolute atomic E-state index is 13.3. The monoisotopic (exact) mass is 732 g/mol. The number of hydrogen-bond acceptors (Lipinski definition) is 6. The standard InChI is InChI=1S/C46H60N4O4/c1-31-42(29-50-20-6-8-40(50)28-49-18-4-5-19-49)53-44(54-43(31)37-12-10-32(30-51)11-13-37)38-16-14-36(15-17-38)41-9-3-2-7-39(41)27-47-45(52)48-46-24-33-21-34(25-46)23-35(22-33)26-46/h2-3,7,9-17,31,33-35,40,42-44,51H,4-6,8,18-30H2,1H3,(H2,47,48,52)/t31-,33?,34?,35?,40-,42+,43+,44+,46?/m0/s1. The van der Waals surface area contributed by atoms with E-state index < -0.39 is 6.29 Å². The zero-order valence-corrected chi connectivity index (χ0v) is 32.1. The molecule has 8 heteroatoms. The van der Waals surface area contributed by atoms with Gasteiger partial charge in [-0.1, -0.05) is 79.7 Å². The van der Waals surface area contributed by atoms with Crippen LogP contribution in [-0.4, -0.2) is 71.3 Å². The summed E-state index contributed by atoms with van der Waals surface area (Å²) >= 11 is 0. The number of aliphatic hydroxyl groups excluding tert-OH is 1. The number of rotatable bonds is 11. The summed E-state index contributed by atoms with van der Waals surface area (Å²) in [6, 6.07) is 25.8. The highest BCUT2D eigenvalue weighted by molar-refractivity contribution is 5.76. The SMILES string of the molecule is C[C@H]1[C@@H](CN2CCC[C@H]2CN2CCCC2)O[C@@H](c2ccc(-c3ccccc3CNC(=O)NC34CC5CC(CC(C5)C3)C4)cc2)O[C@H]1c1ccc(CO)cc1. The van der Waals surface area contributed by atoms with Crippen LogP contribution in [0.5, 0.6) is 0 Å². The van der Waals surface area contributed by atoms with E-state index in [1.807, 2.05) is 12.1 Å². The van der Waals surface area contributed by atoms with Gasteiger partial charge in [-0.15, -0.1) is 0 Å². The van der Waals surface area contributed by atoms with E-state index in [-0.39, 0.29) is 36.3 Å². The smallest absolute Gasteiger partial charge is 0.315 e. The van der Waals surface area contributed by atoms with Crippen LogP contribution in [0, 0.1) is 23.7 Å². The van der Waals surface area contributed by atoms with Crippen molar-refractivity contribution in [1.82, 2.24) is 20.4 Å². The number of amides is 2. The van der Waals surface area contributed by atoms with Gasteiger partial charge in [-0.05, 0) is 129 Å². The number of nitrogens with one attached hydrogen (secondary N) is 2. The maximum Gasteiger partial charge on any atom is 0.315 e. The Kier molecular flexibility index (Phi) is 10.6. The van der Waals surface area contributed by atoms with Crippen LogP contribution in [0.25, 0.3) is 11.1 Å². The van der Waals surface area contributed by atoms with Crippen LogP contribution in [0.2, 0.25) is 0 Å². The number of carbonyl (C=O) groups is 1. The lowest BCUT2D eigenvalue weighted by atomic mass is 9.53. The number of ether oxygens (including phenoxy) is 2. The minimum atomic E-state index is -0.493. The second-order valence-electron chi connectivity index (χ2n) is 17.9. The molecule has 3 aromatic rings. The first-order chi connectivity index (χ1) is 26.4. The molecule has 4 bridgehead atoms. The van der Waals surface area contributed by atoms with Crippen molar-refractivity contribution in [2.75, 3.05) is 32.7 Å². The van der Waals surface area contributed by atoms with E-state index in [1.165, 1.54) is 58.0 Å². The molecule has 0 aromatic heterocycles. The van der Waals surface area contributed by atoms with Crippen molar-refractivity contribution in [3.63, 3.8) is 0 Å². The minimum Gasteiger partial charge on any atom is -0.392 e. The van der Waals surface area contributed by atoms with Gasteiger partial charge in [0.15, 0.2) is 6.29 Å². The molecule has 7 aliphatic rings. The predicted octanol–water partition coefficient (Wildman–Crippen LogP) is 7.97. The molecule has 0 radical (unpaired) electrons. The normalized spacial score (nSPS) is 33.7. The van der Waals surface area contributed by atoms with Gasteiger partial charge in [0.1, 0.15) is 0 Å². The van der Waals surface area contributed by atoms with Gasteiger partial charge < -0.3 is 30.1 Å². The molecule has 3 aromatic carbocycles. The summed E-state index contributed by atoms with van der Waals surface area (Å²) in [4.78, 5) is 18.7. The van der Waals surface area contributed by atoms with Crippen LogP contribution in [0.4, 0.5) is 4.79 Å². The Morgan fingerprint density at radius 2 is 1.50 bits per heavy atom. The molecule has 3 N–H and O–H groups in total. The van der Waals surface area contributed by atoms with Crippen LogP contribution in [0.1, 0.15) is 106 Å². The third-order valence-electron chi connectivity index (χ3n) is 14.1. The van der Waals surface area contributed by atoms with Gasteiger partial charge in [0.05, 0.1) is 18.8 Å². The second kappa shape index (κ2) is 15.7. The molecule has 2 amide bonds. The van der Waals surface area contributed by atoms with Crippen molar-refractivity contribution < 1.29 is 19.4 Å². The Balaban J connectivity index is 0.893. The van der Waals surface area contributed by atoms with Crippen LogP contribution >= 0.6 is 0 Å². The number of hydrogen-bond donors (Lipinski definition) is 3. The molecular weight excluding hydrogens is 673 g/mol. The number of nitrogens with zero attached hydrogens (tertiary/aromatic N) is 2. The zero-order chi connectivity index (χ0) is 36.6. The van der Waals surface area contributed by atoms with Crippen LogP contribution in [0.15, 0.2) is 72.8 Å². The molecule has 10 rings (SSSR count). The summed E-state index contributed by atoms with van der Waals surface area (Å²) in [5.74, 6) is 2.55. The van der Waals surface area contributed by atoms with E-state index >= 15 is 0 Å². The molecule has 4 aliphatic carbocycles. The van der Waals surface area contributed by atoms with Crippen LogP contribution in [-0.2, 0) is 22.6 Å². The highest BCUT2D eigenvalue weighted by atomic mass is 16.7. The lowest BCUT2D eigenvalue weighted by molar-refractivity contribution is -0.276. The van der Waals surface area contributed by atoms with Crippen LogP contribution in [0.3, 0.4) is 0 Å². The van der Waals surface area contributed by atoms with E-state index in [0.717, 1.165) is 90.0 Å². The van der Waals surface area contributed by atoms with E-state index in [2.05, 4.69) is 88.0 Å². The molecule has 288 valence electrons. The first-order valence-corrected chi connectivity index (χ1v) is 21.1. The average molecular weight is 733 g/mol. The highest BCUT2D eigenvalue weighted by Gasteiger charge is 2.51. The van der Waals surface area contributed by atoms with Gasteiger partial charge in [0, 0.05) is 42.7 Å². The van der Waals surface area contributed by atoms with Gasteiger partial charge in [-0.3, -0.25) is 4.90 Å². The van der Waals surface area contributed by atoms with Crippen molar-refractivity contribution >= 4 is 6.03 Å². The van der Waals surface area contributed by atoms with Gasteiger partial charge in [-0.25, -0.2) is 4.79 Å². The Hall–Kier alpha value is -3.27. The molecule has 3 heterocycles. The predicted molar refractivity (Wildman–Crippen MR) is 211 cm³/mol. The molecule has 3 saturated heterocycles. The van der Waals surface area contributed by atoms with Crippen molar-refractivity contribution in [2.45, 2.75) is 114 Å². The largest absolute Gasteiger partial charge is 0.392 e. The molecule has 5 atom stereocenters. The minimum absolute atomic E-state index is 0.0000836. The number of benzene rings is 3. The van der Waals surface area contributed by atoms with E-state index in [0.29, 0.717) is 12.6 Å². The highest BCUT2D eigenvalue weighted by Crippen LogP contribution is 2.55. The van der Waals surface area contributed by atoms with E-state index in [1.54, 1.807) is 0 Å². The fourth-order valence-corrected chi connectivity index (χ4v) is 11.7. The summed E-state index contributed by atoms with van der Waals surface area (Å²) in [5.41, 5.74) is 6.37. The third kappa shape index (κ3) is 7.74.